The van der Waals surface area contributed by atoms with Crippen LogP contribution in [0.25, 0.3) is 21.9 Å². The van der Waals surface area contributed by atoms with Crippen LogP contribution in [-0.2, 0) is 16.1 Å². The lowest BCUT2D eigenvalue weighted by molar-refractivity contribution is -0.159. The molecule has 3 heterocycles. The molecule has 212 valence electrons. The first-order valence-corrected chi connectivity index (χ1v) is 12.9. The molecule has 4 N–H and O–H groups in total. The summed E-state index contributed by atoms with van der Waals surface area (Å²) in [6.07, 6.45) is 3.24. The third kappa shape index (κ3) is 7.06. The van der Waals surface area contributed by atoms with Gasteiger partial charge >= 0.3 is 11.9 Å². The number of pyridine rings is 1. The second-order valence-corrected chi connectivity index (χ2v) is 9.46. The number of carboxylic acid groups (broad SMARTS) is 2. The number of aliphatic hydroxyl groups is 1. The van der Waals surface area contributed by atoms with Crippen molar-refractivity contribution in [1.29, 1.82) is 0 Å². The van der Waals surface area contributed by atoms with Gasteiger partial charge in [-0.15, -0.1) is 0 Å². The van der Waals surface area contributed by atoms with Gasteiger partial charge in [-0.05, 0) is 67.9 Å². The number of carbonyl (C=O) groups is 2. The lowest BCUT2D eigenvalue weighted by Gasteiger charge is -2.33. The highest BCUT2D eigenvalue weighted by atomic mass is 16.5. The number of likely N-dealkylation sites (tertiary alicyclic amines) is 1. The number of β-amino-alcohol motifs (C(OH)–C–C–N with tert-alkyl or cyclic N) is 1. The van der Waals surface area contributed by atoms with Gasteiger partial charge in [0.25, 0.3) is 0 Å². The summed E-state index contributed by atoms with van der Waals surface area (Å²) in [6, 6.07) is 16.1. The number of fused-ring (bicyclic) bond motifs is 2. The van der Waals surface area contributed by atoms with E-state index >= 15 is 0 Å². The zero-order chi connectivity index (χ0) is 28.6. The smallest absolute Gasteiger partial charge is 0.414 e. The third-order valence-electron chi connectivity index (χ3n) is 6.89. The van der Waals surface area contributed by atoms with Crippen LogP contribution in [0.2, 0.25) is 0 Å². The molecule has 1 fully saturated rings. The highest BCUT2D eigenvalue weighted by molar-refractivity contribution is 6.27. The summed E-state index contributed by atoms with van der Waals surface area (Å²) in [4.78, 5) is 25.0. The van der Waals surface area contributed by atoms with Crippen LogP contribution in [0.15, 0.2) is 59.1 Å². The molecule has 1 atom stereocenters. The number of carboxylic acids is 2. The number of nitrogens with one attached hydrogen (secondary N) is 1. The van der Waals surface area contributed by atoms with Crippen LogP contribution in [-0.4, -0.2) is 77.0 Å². The van der Waals surface area contributed by atoms with Crippen LogP contribution in [0, 0.1) is 0 Å². The van der Waals surface area contributed by atoms with Crippen LogP contribution in [0.5, 0.6) is 11.5 Å². The van der Waals surface area contributed by atoms with E-state index in [1.807, 2.05) is 42.5 Å². The van der Waals surface area contributed by atoms with Gasteiger partial charge in [0.2, 0.25) is 0 Å². The topological polar surface area (TPSA) is 155 Å². The fourth-order valence-electron chi connectivity index (χ4n) is 4.81. The van der Waals surface area contributed by atoms with E-state index in [1.54, 1.807) is 20.4 Å². The van der Waals surface area contributed by atoms with E-state index in [0.29, 0.717) is 19.1 Å². The second kappa shape index (κ2) is 13.2. The molecule has 0 amide bonds. The minimum absolute atomic E-state index is 0.425. The number of hydrogen-bond donors (Lipinski definition) is 4. The lowest BCUT2D eigenvalue weighted by atomic mass is 10.0. The number of aromatic nitrogens is 1. The highest BCUT2D eigenvalue weighted by Gasteiger charge is 2.23. The molecule has 1 saturated heterocycles. The lowest BCUT2D eigenvalue weighted by Crippen LogP contribution is -2.43. The predicted octanol–water partition coefficient (Wildman–Crippen LogP) is 3.44. The van der Waals surface area contributed by atoms with Crippen molar-refractivity contribution in [1.82, 2.24) is 15.2 Å². The molecule has 0 spiro atoms. The minimum Gasteiger partial charge on any atom is -0.497 e. The van der Waals surface area contributed by atoms with Crippen molar-refractivity contribution in [2.24, 2.45) is 0 Å². The Morgan fingerprint density at radius 3 is 2.50 bits per heavy atom. The zero-order valence-corrected chi connectivity index (χ0v) is 22.4. The molecule has 0 aliphatic carbocycles. The number of ether oxygens (including phenoxy) is 2. The molecule has 0 radical (unpaired) electrons. The fourth-order valence-corrected chi connectivity index (χ4v) is 4.81. The quantitative estimate of drug-likeness (QED) is 0.238. The molecule has 11 heteroatoms. The number of rotatable bonds is 8. The highest BCUT2D eigenvalue weighted by Crippen LogP contribution is 2.29. The first-order valence-electron chi connectivity index (χ1n) is 12.9. The minimum atomic E-state index is -1.82. The number of methoxy groups -OCH3 is 2. The fraction of sp³-hybridized carbons (Fsp3) is 0.345. The molecule has 4 aromatic rings. The SMILES string of the molecule is COc1ccc2nccc([C@@H](O)CN3CCC(NCc4cc5cccc(OC)c5o4)CC3)c2c1.O=C(O)C(=O)O. The summed E-state index contributed by atoms with van der Waals surface area (Å²) in [7, 11) is 3.31. The van der Waals surface area contributed by atoms with Gasteiger partial charge in [-0.3, -0.25) is 4.98 Å². The third-order valence-corrected chi connectivity index (χ3v) is 6.89. The van der Waals surface area contributed by atoms with Crippen LogP contribution in [0.1, 0.15) is 30.3 Å². The zero-order valence-electron chi connectivity index (χ0n) is 22.4. The van der Waals surface area contributed by atoms with Gasteiger partial charge in [0, 0.05) is 29.6 Å². The van der Waals surface area contributed by atoms with Gasteiger partial charge in [0.15, 0.2) is 11.3 Å². The average Bonchev–Trinajstić information content (AvgIpc) is 3.40. The maximum atomic E-state index is 11.0. The summed E-state index contributed by atoms with van der Waals surface area (Å²) in [5.74, 6) is -1.21. The number of aliphatic hydroxyl groups excluding tert-OH is 1. The average molecular weight is 552 g/mol. The van der Waals surface area contributed by atoms with E-state index in [4.69, 9.17) is 33.7 Å². The summed E-state index contributed by atoms with van der Waals surface area (Å²) < 4.78 is 16.8. The summed E-state index contributed by atoms with van der Waals surface area (Å²) in [6.45, 7) is 3.17. The summed E-state index contributed by atoms with van der Waals surface area (Å²) in [5.41, 5.74) is 2.56. The van der Waals surface area contributed by atoms with Crippen molar-refractivity contribution >= 4 is 33.8 Å². The van der Waals surface area contributed by atoms with Crippen molar-refractivity contribution < 1.29 is 38.8 Å². The van der Waals surface area contributed by atoms with Crippen LogP contribution in [0.3, 0.4) is 0 Å². The second-order valence-electron chi connectivity index (χ2n) is 9.46. The van der Waals surface area contributed by atoms with E-state index in [2.05, 4.69) is 21.3 Å². The Bertz CT molecular complexity index is 1450. The van der Waals surface area contributed by atoms with E-state index in [1.165, 1.54) is 0 Å². The first-order chi connectivity index (χ1) is 19.3. The molecule has 40 heavy (non-hydrogen) atoms. The number of hydrogen-bond acceptors (Lipinski definition) is 9. The number of aliphatic carboxylic acids is 2. The van der Waals surface area contributed by atoms with Gasteiger partial charge in [-0.1, -0.05) is 12.1 Å². The standard InChI is InChI=1S/C27H31N3O4.C2H2O4/c1-32-20-6-7-24-23(15-20)22(8-11-28-24)25(31)17-30-12-9-19(10-13-30)29-16-21-14-18-4-3-5-26(33-2)27(18)34-21;3-1(4)2(5)6/h3-8,11,14-15,19,25,29,31H,9-10,12-13,16-17H2,1-2H3;(H,3,4)(H,5,6)/t25-;/m0./s1. The van der Waals surface area contributed by atoms with E-state index < -0.39 is 18.0 Å². The van der Waals surface area contributed by atoms with E-state index in [9.17, 15) is 5.11 Å². The maximum Gasteiger partial charge on any atom is 0.414 e. The van der Waals surface area contributed by atoms with Gasteiger partial charge in [-0.2, -0.15) is 0 Å². The predicted molar refractivity (Wildman–Crippen MR) is 148 cm³/mol. The molecule has 0 bridgehead atoms. The Morgan fingerprint density at radius 1 is 1.07 bits per heavy atom. The van der Waals surface area contributed by atoms with Crippen LogP contribution < -0.4 is 14.8 Å². The molecule has 11 nitrogen and oxygen atoms in total. The molecule has 1 aliphatic rings. The Kier molecular flexibility index (Phi) is 9.54. The summed E-state index contributed by atoms with van der Waals surface area (Å²) >= 11 is 0. The Labute approximate surface area is 230 Å². The molecule has 2 aromatic carbocycles. The van der Waals surface area contributed by atoms with Gasteiger partial charge in [0.05, 0.1) is 32.4 Å². The van der Waals surface area contributed by atoms with Crippen molar-refractivity contribution in [2.45, 2.75) is 31.5 Å². The molecule has 5 rings (SSSR count). The van der Waals surface area contributed by atoms with Crippen molar-refractivity contribution in [3.63, 3.8) is 0 Å². The largest absolute Gasteiger partial charge is 0.497 e. The molecule has 2 aromatic heterocycles. The Balaban J connectivity index is 0.000000557. The van der Waals surface area contributed by atoms with Crippen LogP contribution >= 0.6 is 0 Å². The van der Waals surface area contributed by atoms with Crippen molar-refractivity contribution in [2.75, 3.05) is 33.9 Å². The first kappa shape index (κ1) is 28.8. The number of furan rings is 1. The molecule has 0 saturated carbocycles. The molecular weight excluding hydrogens is 518 g/mol. The van der Waals surface area contributed by atoms with Crippen molar-refractivity contribution in [3.05, 3.63) is 66.1 Å². The van der Waals surface area contributed by atoms with E-state index in [0.717, 1.165) is 70.6 Å². The summed E-state index contributed by atoms with van der Waals surface area (Å²) in [5, 5.41) is 31.4. The number of para-hydroxylation sites is 1. The normalized spacial score (nSPS) is 14.9. The van der Waals surface area contributed by atoms with Crippen molar-refractivity contribution in [3.8, 4) is 11.5 Å². The van der Waals surface area contributed by atoms with Gasteiger partial charge in [-0.25, -0.2) is 9.59 Å². The number of benzene rings is 2. The number of piperidine rings is 1. The molecule has 0 unspecified atom stereocenters. The van der Waals surface area contributed by atoms with Gasteiger partial charge in [0.1, 0.15) is 11.5 Å². The van der Waals surface area contributed by atoms with Gasteiger partial charge < -0.3 is 39.4 Å². The van der Waals surface area contributed by atoms with Crippen LogP contribution in [0.4, 0.5) is 0 Å². The monoisotopic (exact) mass is 551 g/mol. The molecule has 1 aliphatic heterocycles. The number of nitrogens with zero attached hydrogens (tertiary/aromatic N) is 2. The Morgan fingerprint density at radius 2 is 1.82 bits per heavy atom. The maximum absolute atomic E-state index is 11.0. The molecular formula is C29H33N3O8. The Hall–Kier alpha value is -4.19. The van der Waals surface area contributed by atoms with E-state index in [-0.39, 0.29) is 0 Å².